The fourth-order valence-electron chi connectivity index (χ4n) is 2.03. The standard InChI is InChI=1S/C15H11ClFN3/c1-9-5-2-3-8-12(9)18-14-10-6-4-7-11(17)13(10)19-15(16)20-14/h2-8H,1H3,(H,18,19,20). The summed E-state index contributed by atoms with van der Waals surface area (Å²) in [6.07, 6.45) is 0. The van der Waals surface area contributed by atoms with Crippen LogP contribution in [0.15, 0.2) is 42.5 Å². The maximum atomic E-state index is 13.8. The molecule has 2 aromatic carbocycles. The topological polar surface area (TPSA) is 37.8 Å². The van der Waals surface area contributed by atoms with Crippen molar-refractivity contribution < 1.29 is 4.39 Å². The van der Waals surface area contributed by atoms with Gasteiger partial charge in [0.25, 0.3) is 0 Å². The lowest BCUT2D eigenvalue weighted by molar-refractivity contribution is 0.636. The fourth-order valence-corrected chi connectivity index (χ4v) is 2.19. The number of nitrogens with zero attached hydrogens (tertiary/aromatic N) is 2. The van der Waals surface area contributed by atoms with Gasteiger partial charge in [0.05, 0.1) is 0 Å². The smallest absolute Gasteiger partial charge is 0.225 e. The molecule has 1 N–H and O–H groups in total. The third kappa shape index (κ3) is 2.30. The van der Waals surface area contributed by atoms with Crippen LogP contribution in [0.1, 0.15) is 5.56 Å². The largest absolute Gasteiger partial charge is 0.339 e. The van der Waals surface area contributed by atoms with Crippen LogP contribution < -0.4 is 5.32 Å². The molecule has 0 saturated heterocycles. The van der Waals surface area contributed by atoms with Gasteiger partial charge >= 0.3 is 0 Å². The lowest BCUT2D eigenvalue weighted by Gasteiger charge is -2.11. The zero-order valence-electron chi connectivity index (χ0n) is 10.7. The second-order valence-corrected chi connectivity index (χ2v) is 4.76. The van der Waals surface area contributed by atoms with Crippen molar-refractivity contribution in [3.8, 4) is 0 Å². The molecule has 100 valence electrons. The van der Waals surface area contributed by atoms with Crippen LogP contribution in [0.2, 0.25) is 5.28 Å². The van der Waals surface area contributed by atoms with E-state index < -0.39 is 5.82 Å². The van der Waals surface area contributed by atoms with Gasteiger partial charge in [0.1, 0.15) is 17.2 Å². The van der Waals surface area contributed by atoms with Crippen molar-refractivity contribution in [2.45, 2.75) is 6.92 Å². The Hall–Kier alpha value is -2.20. The second kappa shape index (κ2) is 5.06. The first kappa shape index (κ1) is 12.8. The first-order valence-electron chi connectivity index (χ1n) is 6.09. The Morgan fingerprint density at radius 2 is 1.85 bits per heavy atom. The average Bonchev–Trinajstić information content (AvgIpc) is 2.42. The number of nitrogens with one attached hydrogen (secondary N) is 1. The van der Waals surface area contributed by atoms with E-state index in [1.165, 1.54) is 6.07 Å². The summed E-state index contributed by atoms with van der Waals surface area (Å²) in [7, 11) is 0. The number of aryl methyl sites for hydroxylation is 1. The Morgan fingerprint density at radius 1 is 1.05 bits per heavy atom. The summed E-state index contributed by atoms with van der Waals surface area (Å²) in [5.41, 5.74) is 2.17. The molecular weight excluding hydrogens is 277 g/mol. The van der Waals surface area contributed by atoms with Crippen molar-refractivity contribution in [3.05, 3.63) is 59.1 Å². The summed E-state index contributed by atoms with van der Waals surface area (Å²) < 4.78 is 13.8. The van der Waals surface area contributed by atoms with Gasteiger partial charge in [-0.2, -0.15) is 4.98 Å². The number of fused-ring (bicyclic) bond motifs is 1. The predicted octanol–water partition coefficient (Wildman–Crippen LogP) is 4.47. The Labute approximate surface area is 120 Å². The average molecular weight is 288 g/mol. The third-order valence-electron chi connectivity index (χ3n) is 3.05. The van der Waals surface area contributed by atoms with Gasteiger partial charge in [-0.3, -0.25) is 0 Å². The molecule has 0 amide bonds. The van der Waals surface area contributed by atoms with Gasteiger partial charge in [-0.05, 0) is 42.3 Å². The van der Waals surface area contributed by atoms with Crippen molar-refractivity contribution in [1.82, 2.24) is 9.97 Å². The normalized spacial score (nSPS) is 10.8. The Kier molecular flexibility index (Phi) is 3.24. The highest BCUT2D eigenvalue weighted by Gasteiger charge is 2.10. The van der Waals surface area contributed by atoms with Crippen LogP contribution in [0.25, 0.3) is 10.9 Å². The van der Waals surface area contributed by atoms with Gasteiger partial charge in [-0.15, -0.1) is 0 Å². The van der Waals surface area contributed by atoms with E-state index in [0.717, 1.165) is 11.3 Å². The van der Waals surface area contributed by atoms with E-state index in [1.54, 1.807) is 12.1 Å². The van der Waals surface area contributed by atoms with Crippen LogP contribution in [0, 0.1) is 12.7 Å². The highest BCUT2D eigenvalue weighted by Crippen LogP contribution is 2.27. The molecule has 0 spiro atoms. The maximum absolute atomic E-state index is 13.8. The number of rotatable bonds is 2. The van der Waals surface area contributed by atoms with Gasteiger partial charge in [-0.25, -0.2) is 9.37 Å². The Morgan fingerprint density at radius 3 is 2.65 bits per heavy atom. The van der Waals surface area contributed by atoms with Gasteiger partial charge < -0.3 is 5.32 Å². The van der Waals surface area contributed by atoms with E-state index in [9.17, 15) is 4.39 Å². The van der Waals surface area contributed by atoms with Gasteiger partial charge in [0.2, 0.25) is 5.28 Å². The number of aromatic nitrogens is 2. The molecule has 5 heteroatoms. The lowest BCUT2D eigenvalue weighted by Crippen LogP contribution is -1.99. The molecular formula is C15H11ClFN3. The van der Waals surface area contributed by atoms with E-state index in [1.807, 2.05) is 31.2 Å². The van der Waals surface area contributed by atoms with Crippen LogP contribution in [-0.4, -0.2) is 9.97 Å². The summed E-state index contributed by atoms with van der Waals surface area (Å²) >= 11 is 5.87. The zero-order valence-corrected chi connectivity index (χ0v) is 11.4. The van der Waals surface area contributed by atoms with E-state index >= 15 is 0 Å². The van der Waals surface area contributed by atoms with Crippen molar-refractivity contribution in [1.29, 1.82) is 0 Å². The Bertz CT molecular complexity index is 789. The molecule has 0 aliphatic heterocycles. The number of halogens is 2. The van der Waals surface area contributed by atoms with Crippen LogP contribution >= 0.6 is 11.6 Å². The summed E-state index contributed by atoms with van der Waals surface area (Å²) in [5, 5.41) is 3.79. The van der Waals surface area contributed by atoms with Gasteiger partial charge in [-0.1, -0.05) is 24.3 Å². The first-order chi connectivity index (χ1) is 9.65. The number of benzene rings is 2. The molecule has 3 rings (SSSR count). The molecule has 0 atom stereocenters. The number of hydrogen-bond donors (Lipinski definition) is 1. The molecule has 0 radical (unpaired) electrons. The fraction of sp³-hybridized carbons (Fsp3) is 0.0667. The van der Waals surface area contributed by atoms with Crippen molar-refractivity contribution in [2.24, 2.45) is 0 Å². The number of anilines is 2. The molecule has 0 aliphatic rings. The summed E-state index contributed by atoms with van der Waals surface area (Å²) in [4.78, 5) is 8.09. The molecule has 0 saturated carbocycles. The highest BCUT2D eigenvalue weighted by atomic mass is 35.5. The lowest BCUT2D eigenvalue weighted by atomic mass is 10.2. The van der Waals surface area contributed by atoms with E-state index in [-0.39, 0.29) is 10.8 Å². The second-order valence-electron chi connectivity index (χ2n) is 4.42. The van der Waals surface area contributed by atoms with Gasteiger partial charge in [0.15, 0.2) is 0 Å². The molecule has 1 aromatic heterocycles. The predicted molar refractivity (Wildman–Crippen MR) is 79.0 cm³/mol. The van der Waals surface area contributed by atoms with Gasteiger partial charge in [0, 0.05) is 11.1 Å². The summed E-state index contributed by atoms with van der Waals surface area (Å²) in [6, 6.07) is 12.5. The summed E-state index contributed by atoms with van der Waals surface area (Å²) in [6.45, 7) is 1.98. The molecule has 20 heavy (non-hydrogen) atoms. The van der Waals surface area contributed by atoms with Crippen molar-refractivity contribution in [2.75, 3.05) is 5.32 Å². The van der Waals surface area contributed by atoms with E-state index in [4.69, 9.17) is 11.6 Å². The Balaban J connectivity index is 2.17. The minimum Gasteiger partial charge on any atom is -0.339 e. The molecule has 1 heterocycles. The zero-order chi connectivity index (χ0) is 14.1. The minimum atomic E-state index is -0.417. The minimum absolute atomic E-state index is 0.0127. The number of hydrogen-bond acceptors (Lipinski definition) is 3. The van der Waals surface area contributed by atoms with Crippen LogP contribution in [0.4, 0.5) is 15.9 Å². The molecule has 0 bridgehead atoms. The third-order valence-corrected chi connectivity index (χ3v) is 3.22. The molecule has 0 aliphatic carbocycles. The van der Waals surface area contributed by atoms with Crippen molar-refractivity contribution in [3.63, 3.8) is 0 Å². The van der Waals surface area contributed by atoms with Crippen LogP contribution in [0.3, 0.4) is 0 Å². The molecule has 0 fully saturated rings. The van der Waals surface area contributed by atoms with Crippen LogP contribution in [-0.2, 0) is 0 Å². The van der Waals surface area contributed by atoms with E-state index in [0.29, 0.717) is 11.2 Å². The SMILES string of the molecule is Cc1ccccc1Nc1nc(Cl)nc2c(F)cccc12. The molecule has 3 aromatic rings. The van der Waals surface area contributed by atoms with Crippen LogP contribution in [0.5, 0.6) is 0 Å². The number of para-hydroxylation sites is 2. The first-order valence-corrected chi connectivity index (χ1v) is 6.47. The molecule has 0 unspecified atom stereocenters. The maximum Gasteiger partial charge on any atom is 0.225 e. The monoisotopic (exact) mass is 287 g/mol. The summed E-state index contributed by atoms with van der Waals surface area (Å²) in [5.74, 6) is 0.0773. The molecule has 3 nitrogen and oxygen atoms in total. The van der Waals surface area contributed by atoms with E-state index in [2.05, 4.69) is 15.3 Å². The highest BCUT2D eigenvalue weighted by molar-refractivity contribution is 6.28. The van der Waals surface area contributed by atoms with Crippen molar-refractivity contribution >= 4 is 34.0 Å². The quantitative estimate of drug-likeness (QED) is 0.707.